The average molecular weight is 468 g/mol. The molecule has 9 heteroatoms. The Morgan fingerprint density at radius 2 is 1.88 bits per heavy atom. The molecule has 0 spiro atoms. The molecule has 0 unspecified atom stereocenters. The summed E-state index contributed by atoms with van der Waals surface area (Å²) in [6.45, 7) is 7.45. The minimum Gasteiger partial charge on any atom is -0.619 e. The number of ether oxygens (including phenoxy) is 1. The molecule has 34 heavy (non-hydrogen) atoms. The van der Waals surface area contributed by atoms with Crippen molar-refractivity contribution >= 4 is 17.6 Å². The fourth-order valence-corrected chi connectivity index (χ4v) is 4.73. The summed E-state index contributed by atoms with van der Waals surface area (Å²) in [6.07, 6.45) is 9.14. The molecule has 1 saturated heterocycles. The number of nitrogens with one attached hydrogen (secondary N) is 1. The van der Waals surface area contributed by atoms with Gasteiger partial charge in [0.25, 0.3) is 5.91 Å². The minimum absolute atomic E-state index is 0.119. The van der Waals surface area contributed by atoms with E-state index in [-0.39, 0.29) is 24.0 Å². The SMILES string of the molecule is C[C@@H](C(=O)Nc1ccc(OC2CCCC2)cn1)N1CCN(C(=O)c2cc[n+]([O-])cc2)C(C)(C)C1. The van der Waals surface area contributed by atoms with Crippen LogP contribution in [0.3, 0.4) is 0 Å². The quantitative estimate of drug-likeness (QED) is 0.518. The van der Waals surface area contributed by atoms with Crippen molar-refractivity contribution in [2.24, 2.45) is 0 Å². The van der Waals surface area contributed by atoms with E-state index in [9.17, 15) is 14.8 Å². The van der Waals surface area contributed by atoms with Crippen LogP contribution < -0.4 is 14.8 Å². The fourth-order valence-electron chi connectivity index (χ4n) is 4.73. The molecule has 1 saturated carbocycles. The number of amides is 2. The Morgan fingerprint density at radius 3 is 2.50 bits per heavy atom. The third kappa shape index (κ3) is 5.47. The Hall–Kier alpha value is -3.20. The predicted molar refractivity (Wildman–Crippen MR) is 127 cm³/mol. The maximum absolute atomic E-state index is 13.0. The lowest BCUT2D eigenvalue weighted by Crippen LogP contribution is -2.63. The molecule has 1 aliphatic heterocycles. The van der Waals surface area contributed by atoms with E-state index < -0.39 is 5.54 Å². The van der Waals surface area contributed by atoms with E-state index in [1.165, 1.54) is 37.4 Å². The number of hydrogen-bond acceptors (Lipinski definition) is 6. The highest BCUT2D eigenvalue weighted by Crippen LogP contribution is 2.26. The van der Waals surface area contributed by atoms with Gasteiger partial charge < -0.3 is 20.2 Å². The zero-order valence-corrected chi connectivity index (χ0v) is 20.1. The van der Waals surface area contributed by atoms with Crippen molar-refractivity contribution in [1.29, 1.82) is 0 Å². The number of rotatable bonds is 6. The summed E-state index contributed by atoms with van der Waals surface area (Å²) in [7, 11) is 0. The molecule has 0 radical (unpaired) electrons. The van der Waals surface area contributed by atoms with Crippen LogP contribution in [0.25, 0.3) is 0 Å². The van der Waals surface area contributed by atoms with E-state index >= 15 is 0 Å². The maximum Gasteiger partial charge on any atom is 0.254 e. The summed E-state index contributed by atoms with van der Waals surface area (Å²) in [5, 5.41) is 14.2. The second-order valence-electron chi connectivity index (χ2n) is 9.76. The summed E-state index contributed by atoms with van der Waals surface area (Å²) in [4.78, 5) is 34.2. The molecule has 0 aromatic carbocycles. The molecule has 1 N–H and O–H groups in total. The third-order valence-corrected chi connectivity index (χ3v) is 6.75. The first kappa shape index (κ1) is 23.9. The van der Waals surface area contributed by atoms with E-state index in [4.69, 9.17) is 4.74 Å². The van der Waals surface area contributed by atoms with Gasteiger partial charge in [-0.15, -0.1) is 0 Å². The van der Waals surface area contributed by atoms with Gasteiger partial charge in [0.2, 0.25) is 5.91 Å². The largest absolute Gasteiger partial charge is 0.619 e. The minimum atomic E-state index is -0.482. The first-order valence-electron chi connectivity index (χ1n) is 11.9. The number of aromatic nitrogens is 2. The van der Waals surface area contributed by atoms with Crippen LogP contribution >= 0.6 is 0 Å². The second-order valence-corrected chi connectivity index (χ2v) is 9.76. The molecule has 3 heterocycles. The van der Waals surface area contributed by atoms with Crippen LogP contribution in [-0.2, 0) is 4.79 Å². The van der Waals surface area contributed by atoms with Crippen molar-refractivity contribution in [1.82, 2.24) is 14.8 Å². The number of anilines is 1. The van der Waals surface area contributed by atoms with Gasteiger partial charge in [-0.3, -0.25) is 14.5 Å². The average Bonchev–Trinajstić information content (AvgIpc) is 3.32. The van der Waals surface area contributed by atoms with E-state index in [1.807, 2.05) is 31.7 Å². The first-order chi connectivity index (χ1) is 16.2. The van der Waals surface area contributed by atoms with Crippen molar-refractivity contribution < 1.29 is 19.1 Å². The summed E-state index contributed by atoms with van der Waals surface area (Å²) in [5.41, 5.74) is -0.00388. The lowest BCUT2D eigenvalue weighted by atomic mass is 9.96. The van der Waals surface area contributed by atoms with Gasteiger partial charge in [0.1, 0.15) is 11.6 Å². The van der Waals surface area contributed by atoms with Crippen LogP contribution in [0.4, 0.5) is 5.82 Å². The van der Waals surface area contributed by atoms with Gasteiger partial charge in [-0.1, -0.05) is 0 Å². The number of nitrogens with zero attached hydrogens (tertiary/aromatic N) is 4. The number of carbonyl (C=O) groups is 2. The number of hydrogen-bond donors (Lipinski definition) is 1. The van der Waals surface area contributed by atoms with Crippen LogP contribution in [0.2, 0.25) is 0 Å². The van der Waals surface area contributed by atoms with Gasteiger partial charge in [0.05, 0.1) is 29.4 Å². The molecule has 1 atom stereocenters. The van der Waals surface area contributed by atoms with Crippen molar-refractivity contribution in [3.05, 3.63) is 53.6 Å². The number of carbonyl (C=O) groups excluding carboxylic acids is 2. The number of pyridine rings is 2. The van der Waals surface area contributed by atoms with Gasteiger partial charge in [0.15, 0.2) is 12.4 Å². The normalized spacial score (nSPS) is 19.6. The fraction of sp³-hybridized carbons (Fsp3) is 0.520. The second kappa shape index (κ2) is 9.97. The lowest BCUT2D eigenvalue weighted by molar-refractivity contribution is -0.605. The molecular formula is C25H33N5O4. The van der Waals surface area contributed by atoms with Gasteiger partial charge in [-0.05, 0) is 58.6 Å². The molecule has 182 valence electrons. The molecule has 1 aliphatic carbocycles. The Balaban J connectivity index is 1.33. The molecule has 2 fully saturated rings. The molecule has 9 nitrogen and oxygen atoms in total. The Morgan fingerprint density at radius 1 is 1.18 bits per heavy atom. The van der Waals surface area contributed by atoms with Crippen molar-refractivity contribution in [3.8, 4) is 5.75 Å². The number of piperazine rings is 1. The van der Waals surface area contributed by atoms with Crippen molar-refractivity contribution in [2.45, 2.75) is 64.1 Å². The van der Waals surface area contributed by atoms with Gasteiger partial charge in [0, 0.05) is 31.8 Å². The van der Waals surface area contributed by atoms with Crippen LogP contribution in [-0.4, -0.2) is 63.9 Å². The van der Waals surface area contributed by atoms with E-state index in [1.54, 1.807) is 12.3 Å². The lowest BCUT2D eigenvalue weighted by Gasteiger charge is -2.48. The molecule has 2 aliphatic rings. The summed E-state index contributed by atoms with van der Waals surface area (Å²) in [6, 6.07) is 6.29. The smallest absolute Gasteiger partial charge is 0.254 e. The summed E-state index contributed by atoms with van der Waals surface area (Å²) >= 11 is 0. The summed E-state index contributed by atoms with van der Waals surface area (Å²) < 4.78 is 6.59. The van der Waals surface area contributed by atoms with E-state index in [2.05, 4.69) is 15.2 Å². The van der Waals surface area contributed by atoms with E-state index in [0.717, 1.165) is 18.6 Å². The molecular weight excluding hydrogens is 434 g/mol. The highest BCUT2D eigenvalue weighted by molar-refractivity contribution is 5.95. The van der Waals surface area contributed by atoms with Crippen LogP contribution in [0.5, 0.6) is 5.75 Å². The Kier molecular flexibility index (Phi) is 7.02. The van der Waals surface area contributed by atoms with Crippen molar-refractivity contribution in [2.75, 3.05) is 25.0 Å². The summed E-state index contributed by atoms with van der Waals surface area (Å²) in [5.74, 6) is 0.953. The Labute approximate surface area is 200 Å². The standard InChI is InChI=1S/C25H33N5O4/c1-18(23(31)27-22-9-8-21(16-26-22)34-20-6-4-5-7-20)28-14-15-30(25(2,3)17-28)24(32)19-10-12-29(33)13-11-19/h8-13,16,18,20H,4-7,14-15,17H2,1-3H3,(H,26,27,31)/t18-/m0/s1. The molecule has 2 amide bonds. The van der Waals surface area contributed by atoms with Gasteiger partial charge in [-0.25, -0.2) is 4.98 Å². The zero-order chi connectivity index (χ0) is 24.3. The predicted octanol–water partition coefficient (Wildman–Crippen LogP) is 2.60. The van der Waals surface area contributed by atoms with Crippen LogP contribution in [0.15, 0.2) is 42.9 Å². The molecule has 2 aromatic rings. The monoisotopic (exact) mass is 467 g/mol. The van der Waals surface area contributed by atoms with Gasteiger partial charge >= 0.3 is 0 Å². The molecule has 4 rings (SSSR count). The highest BCUT2D eigenvalue weighted by Gasteiger charge is 2.39. The van der Waals surface area contributed by atoms with Gasteiger partial charge in [-0.2, -0.15) is 4.73 Å². The zero-order valence-electron chi connectivity index (χ0n) is 20.1. The van der Waals surface area contributed by atoms with Crippen molar-refractivity contribution in [3.63, 3.8) is 0 Å². The van der Waals surface area contributed by atoms with Crippen LogP contribution in [0, 0.1) is 5.21 Å². The molecule has 2 aromatic heterocycles. The highest BCUT2D eigenvalue weighted by atomic mass is 16.5. The van der Waals surface area contributed by atoms with Crippen LogP contribution in [0.1, 0.15) is 56.8 Å². The Bertz CT molecular complexity index is 1000. The molecule has 0 bridgehead atoms. The maximum atomic E-state index is 13.0. The first-order valence-corrected chi connectivity index (χ1v) is 11.9. The topological polar surface area (TPSA) is 102 Å². The van der Waals surface area contributed by atoms with E-state index in [0.29, 0.717) is 35.7 Å². The third-order valence-electron chi connectivity index (χ3n) is 6.75.